The number of halogens is 2. The minimum atomic E-state index is -0.595. The first-order valence-electron chi connectivity index (χ1n) is 8.53. The van der Waals surface area contributed by atoms with Gasteiger partial charge in [0, 0.05) is 22.8 Å². The summed E-state index contributed by atoms with van der Waals surface area (Å²) < 4.78 is 20.2. The van der Waals surface area contributed by atoms with Gasteiger partial charge in [0.25, 0.3) is 5.91 Å². The number of aromatic nitrogens is 1. The summed E-state index contributed by atoms with van der Waals surface area (Å²) in [7, 11) is 0. The predicted octanol–water partition coefficient (Wildman–Crippen LogP) is 4.68. The van der Waals surface area contributed by atoms with Crippen molar-refractivity contribution in [2.45, 2.75) is 13.8 Å². The second-order valence-electron chi connectivity index (χ2n) is 6.21. The van der Waals surface area contributed by atoms with Crippen molar-refractivity contribution in [2.24, 2.45) is 0 Å². The molecule has 0 aliphatic rings. The zero-order chi connectivity index (χ0) is 20.3. The molecule has 1 amide bonds. The van der Waals surface area contributed by atoms with E-state index in [1.165, 1.54) is 12.1 Å². The van der Waals surface area contributed by atoms with Crippen LogP contribution in [0.15, 0.2) is 54.6 Å². The summed E-state index contributed by atoms with van der Waals surface area (Å²) in [4.78, 5) is 24.4. The molecule has 0 radical (unpaired) electrons. The number of aryl methyl sites for hydroxylation is 1. The van der Waals surface area contributed by atoms with Gasteiger partial charge in [0.15, 0.2) is 6.61 Å². The molecule has 2 aromatic carbocycles. The van der Waals surface area contributed by atoms with E-state index < -0.39 is 24.3 Å². The molecule has 0 atom stereocenters. The molecule has 7 heteroatoms. The fourth-order valence-electron chi connectivity index (χ4n) is 2.92. The Morgan fingerprint density at radius 1 is 1.11 bits per heavy atom. The third-order valence-corrected chi connectivity index (χ3v) is 4.49. The Hall–Kier alpha value is -3.12. The lowest BCUT2D eigenvalue weighted by atomic mass is 10.2. The lowest BCUT2D eigenvalue weighted by Gasteiger charge is -2.10. The number of nitrogens with zero attached hydrogens (tertiary/aromatic N) is 1. The van der Waals surface area contributed by atoms with E-state index in [0.29, 0.717) is 11.3 Å². The smallest absolute Gasteiger partial charge is 0.340 e. The van der Waals surface area contributed by atoms with Gasteiger partial charge in [-0.2, -0.15) is 0 Å². The maximum atomic E-state index is 13.2. The van der Waals surface area contributed by atoms with Crippen molar-refractivity contribution in [1.29, 1.82) is 0 Å². The molecule has 1 N–H and O–H groups in total. The second kappa shape index (κ2) is 8.27. The van der Waals surface area contributed by atoms with Gasteiger partial charge in [-0.15, -0.1) is 0 Å². The highest BCUT2D eigenvalue weighted by atomic mass is 35.5. The number of carbonyl (C=O) groups excluding carboxylic acids is 2. The van der Waals surface area contributed by atoms with Gasteiger partial charge in [-0.25, -0.2) is 9.18 Å². The minimum absolute atomic E-state index is 0.108. The van der Waals surface area contributed by atoms with Crippen LogP contribution in [-0.4, -0.2) is 23.1 Å². The highest BCUT2D eigenvalue weighted by Crippen LogP contribution is 2.22. The van der Waals surface area contributed by atoms with Crippen molar-refractivity contribution in [1.82, 2.24) is 4.57 Å². The van der Waals surface area contributed by atoms with Crippen molar-refractivity contribution in [3.05, 3.63) is 82.4 Å². The van der Waals surface area contributed by atoms with E-state index in [1.54, 1.807) is 6.07 Å². The van der Waals surface area contributed by atoms with Crippen molar-refractivity contribution < 1.29 is 18.7 Å². The van der Waals surface area contributed by atoms with Crippen LogP contribution in [0.1, 0.15) is 21.7 Å². The van der Waals surface area contributed by atoms with Crippen LogP contribution < -0.4 is 5.32 Å². The number of ether oxygens (including phenoxy) is 1. The first-order chi connectivity index (χ1) is 13.4. The molecule has 0 aliphatic carbocycles. The van der Waals surface area contributed by atoms with E-state index in [2.05, 4.69) is 5.32 Å². The van der Waals surface area contributed by atoms with Crippen molar-refractivity contribution in [3.8, 4) is 5.69 Å². The molecule has 0 saturated heterocycles. The van der Waals surface area contributed by atoms with Crippen LogP contribution in [0, 0.1) is 19.7 Å². The first-order valence-corrected chi connectivity index (χ1v) is 8.91. The lowest BCUT2D eigenvalue weighted by Crippen LogP contribution is -2.21. The summed E-state index contributed by atoms with van der Waals surface area (Å²) in [6, 6.07) is 15.1. The van der Waals surface area contributed by atoms with Crippen LogP contribution in [0.4, 0.5) is 10.1 Å². The largest absolute Gasteiger partial charge is 0.452 e. The number of hydrogen-bond acceptors (Lipinski definition) is 3. The van der Waals surface area contributed by atoms with Crippen LogP contribution >= 0.6 is 11.6 Å². The molecule has 0 saturated carbocycles. The number of nitrogens with one attached hydrogen (secondary N) is 1. The third kappa shape index (κ3) is 4.23. The topological polar surface area (TPSA) is 60.3 Å². The molecule has 1 heterocycles. The van der Waals surface area contributed by atoms with Gasteiger partial charge in [0.1, 0.15) is 5.82 Å². The van der Waals surface area contributed by atoms with E-state index in [-0.39, 0.29) is 5.02 Å². The fraction of sp³-hybridized carbons (Fsp3) is 0.143. The van der Waals surface area contributed by atoms with Crippen LogP contribution in [0.25, 0.3) is 5.69 Å². The summed E-state index contributed by atoms with van der Waals surface area (Å²) in [5, 5.41) is 2.39. The Labute approximate surface area is 166 Å². The second-order valence-corrected chi connectivity index (χ2v) is 6.62. The monoisotopic (exact) mass is 400 g/mol. The van der Waals surface area contributed by atoms with Crippen LogP contribution in [0.5, 0.6) is 0 Å². The number of esters is 1. The van der Waals surface area contributed by atoms with E-state index in [1.807, 2.05) is 48.7 Å². The molecule has 0 bridgehead atoms. The Kier molecular flexibility index (Phi) is 5.80. The normalized spacial score (nSPS) is 10.6. The summed E-state index contributed by atoms with van der Waals surface area (Å²) in [5.41, 5.74) is 3.23. The van der Waals surface area contributed by atoms with Gasteiger partial charge < -0.3 is 14.6 Å². The highest BCUT2D eigenvalue weighted by Gasteiger charge is 2.19. The number of hydrogen-bond donors (Lipinski definition) is 1. The van der Waals surface area contributed by atoms with Crippen LogP contribution in [-0.2, 0) is 9.53 Å². The van der Waals surface area contributed by atoms with Gasteiger partial charge in [-0.3, -0.25) is 4.79 Å². The number of para-hydroxylation sites is 1. The molecule has 144 valence electrons. The summed E-state index contributed by atoms with van der Waals surface area (Å²) in [5.74, 6) is -1.73. The molecule has 1 aromatic heterocycles. The van der Waals surface area contributed by atoms with E-state index in [9.17, 15) is 14.0 Å². The van der Waals surface area contributed by atoms with Crippen molar-refractivity contribution in [3.63, 3.8) is 0 Å². The van der Waals surface area contributed by atoms with Gasteiger partial charge in [0.05, 0.1) is 10.6 Å². The van der Waals surface area contributed by atoms with Crippen molar-refractivity contribution in [2.75, 3.05) is 11.9 Å². The summed E-state index contributed by atoms with van der Waals surface area (Å²) >= 11 is 5.68. The van der Waals surface area contributed by atoms with Crippen molar-refractivity contribution >= 4 is 29.2 Å². The van der Waals surface area contributed by atoms with Crippen LogP contribution in [0.2, 0.25) is 5.02 Å². The van der Waals surface area contributed by atoms with E-state index in [4.69, 9.17) is 16.3 Å². The van der Waals surface area contributed by atoms with Gasteiger partial charge in [0.2, 0.25) is 0 Å². The van der Waals surface area contributed by atoms with Gasteiger partial charge >= 0.3 is 5.97 Å². The lowest BCUT2D eigenvalue weighted by molar-refractivity contribution is -0.119. The van der Waals surface area contributed by atoms with E-state index in [0.717, 1.165) is 23.1 Å². The highest BCUT2D eigenvalue weighted by molar-refractivity contribution is 6.31. The number of carbonyl (C=O) groups is 2. The third-order valence-electron chi connectivity index (χ3n) is 4.20. The zero-order valence-electron chi connectivity index (χ0n) is 15.3. The van der Waals surface area contributed by atoms with Crippen LogP contribution in [0.3, 0.4) is 0 Å². The number of anilines is 1. The fourth-order valence-corrected chi connectivity index (χ4v) is 3.10. The molecular formula is C21H18ClFN2O3. The van der Waals surface area contributed by atoms with E-state index >= 15 is 0 Å². The number of amides is 1. The minimum Gasteiger partial charge on any atom is -0.452 e. The maximum absolute atomic E-state index is 13.2. The predicted molar refractivity (Wildman–Crippen MR) is 106 cm³/mol. The molecule has 3 aromatic rings. The summed E-state index contributed by atoms with van der Waals surface area (Å²) in [6.07, 6.45) is 0. The maximum Gasteiger partial charge on any atom is 0.340 e. The molecule has 0 unspecified atom stereocenters. The average Bonchev–Trinajstić information content (AvgIpc) is 2.98. The molecule has 5 nitrogen and oxygen atoms in total. The zero-order valence-corrected chi connectivity index (χ0v) is 16.1. The molecule has 3 rings (SSSR count). The SMILES string of the molecule is Cc1cc(C(=O)OCC(=O)Nc2ccc(F)c(Cl)c2)c(C)n1-c1ccccc1. The molecule has 0 fully saturated rings. The van der Waals surface area contributed by atoms with Gasteiger partial charge in [-0.05, 0) is 50.2 Å². The Bertz CT molecular complexity index is 1030. The molecular weight excluding hydrogens is 383 g/mol. The molecule has 0 aliphatic heterocycles. The Balaban J connectivity index is 1.67. The Morgan fingerprint density at radius 2 is 1.82 bits per heavy atom. The summed E-state index contributed by atoms with van der Waals surface area (Å²) in [6.45, 7) is 3.24. The Morgan fingerprint density at radius 3 is 2.50 bits per heavy atom. The quantitative estimate of drug-likeness (QED) is 0.632. The molecule has 0 spiro atoms. The average molecular weight is 401 g/mol. The standard InChI is InChI=1S/C21H18ClFN2O3/c1-13-10-17(14(2)25(13)16-6-4-3-5-7-16)21(27)28-12-20(26)24-15-8-9-19(23)18(22)11-15/h3-11H,12H2,1-2H3,(H,24,26). The number of rotatable bonds is 5. The first kappa shape index (κ1) is 19.6. The van der Waals surface area contributed by atoms with Gasteiger partial charge in [-0.1, -0.05) is 29.8 Å². The number of benzene rings is 2. The molecule has 28 heavy (non-hydrogen) atoms.